The molecule has 1 aromatic heterocycles. The van der Waals surface area contributed by atoms with Crippen LogP contribution < -0.4 is 9.64 Å². The van der Waals surface area contributed by atoms with Crippen LogP contribution in [0, 0.1) is 0 Å². The molecule has 4 nitrogen and oxygen atoms in total. The quantitative estimate of drug-likeness (QED) is 0.709. The second-order valence-corrected chi connectivity index (χ2v) is 5.29. The van der Waals surface area contributed by atoms with E-state index in [2.05, 4.69) is 24.8 Å². The van der Waals surface area contributed by atoms with Crippen LogP contribution in [-0.2, 0) is 0 Å². The van der Waals surface area contributed by atoms with Crippen molar-refractivity contribution in [2.24, 2.45) is 0 Å². The number of anilines is 1. The second kappa shape index (κ2) is 6.65. The summed E-state index contributed by atoms with van der Waals surface area (Å²) in [7, 11) is 1.67. The zero-order chi connectivity index (χ0) is 16.2. The van der Waals surface area contributed by atoms with Crippen LogP contribution in [-0.4, -0.2) is 30.2 Å². The summed E-state index contributed by atoms with van der Waals surface area (Å²) in [5.74, 6) is 2.52. The number of fused-ring (bicyclic) bond motifs is 1. The van der Waals surface area contributed by atoms with Gasteiger partial charge in [-0.05, 0) is 38.1 Å². The molecule has 0 amide bonds. The van der Waals surface area contributed by atoms with Gasteiger partial charge in [0.05, 0.1) is 12.6 Å². The van der Waals surface area contributed by atoms with E-state index in [1.807, 2.05) is 42.5 Å². The van der Waals surface area contributed by atoms with E-state index in [9.17, 15) is 0 Å². The van der Waals surface area contributed by atoms with Gasteiger partial charge >= 0.3 is 0 Å². The number of benzene rings is 2. The number of rotatable bonds is 5. The largest absolute Gasteiger partial charge is 0.497 e. The summed E-state index contributed by atoms with van der Waals surface area (Å²) in [6.07, 6.45) is 0. The lowest BCUT2D eigenvalue weighted by molar-refractivity contribution is 0.415. The SMILES string of the molecule is CCN(CC)c1nc(-c2cccc(OC)c2)nc2ccccc12. The fourth-order valence-electron chi connectivity index (χ4n) is 2.72. The summed E-state index contributed by atoms with van der Waals surface area (Å²) in [6.45, 7) is 6.11. The average molecular weight is 307 g/mol. The maximum atomic E-state index is 5.32. The highest BCUT2D eigenvalue weighted by Gasteiger charge is 2.13. The third kappa shape index (κ3) is 2.97. The molecule has 0 bridgehead atoms. The molecule has 0 spiro atoms. The molecule has 23 heavy (non-hydrogen) atoms. The third-order valence-corrected chi connectivity index (χ3v) is 3.97. The Kier molecular flexibility index (Phi) is 4.42. The molecular formula is C19H21N3O. The molecule has 0 aliphatic carbocycles. The summed E-state index contributed by atoms with van der Waals surface area (Å²) in [6, 6.07) is 16.0. The summed E-state index contributed by atoms with van der Waals surface area (Å²) < 4.78 is 5.32. The summed E-state index contributed by atoms with van der Waals surface area (Å²) in [4.78, 5) is 11.8. The highest BCUT2D eigenvalue weighted by atomic mass is 16.5. The average Bonchev–Trinajstić information content (AvgIpc) is 2.62. The Hall–Kier alpha value is -2.62. The fourth-order valence-corrected chi connectivity index (χ4v) is 2.72. The van der Waals surface area contributed by atoms with Crippen LogP contribution in [0.1, 0.15) is 13.8 Å². The Balaban J connectivity index is 2.21. The monoisotopic (exact) mass is 307 g/mol. The summed E-state index contributed by atoms with van der Waals surface area (Å²) in [5, 5.41) is 1.09. The van der Waals surface area contributed by atoms with Crippen LogP contribution in [0.15, 0.2) is 48.5 Å². The lowest BCUT2D eigenvalue weighted by Crippen LogP contribution is -2.23. The molecule has 0 unspecified atom stereocenters. The number of hydrogen-bond acceptors (Lipinski definition) is 4. The number of ether oxygens (including phenoxy) is 1. The Morgan fingerprint density at radius 2 is 1.74 bits per heavy atom. The fraction of sp³-hybridized carbons (Fsp3) is 0.263. The molecule has 3 rings (SSSR count). The van der Waals surface area contributed by atoms with Crippen LogP contribution in [0.3, 0.4) is 0 Å². The van der Waals surface area contributed by atoms with Gasteiger partial charge in [-0.25, -0.2) is 9.97 Å². The lowest BCUT2D eigenvalue weighted by atomic mass is 10.1. The van der Waals surface area contributed by atoms with Crippen molar-refractivity contribution in [3.05, 3.63) is 48.5 Å². The van der Waals surface area contributed by atoms with Crippen molar-refractivity contribution in [1.82, 2.24) is 9.97 Å². The standard InChI is InChI=1S/C19H21N3O/c1-4-22(5-2)19-16-11-6-7-12-17(16)20-18(21-19)14-9-8-10-15(13-14)23-3/h6-13H,4-5H2,1-3H3. The number of hydrogen-bond donors (Lipinski definition) is 0. The summed E-state index contributed by atoms with van der Waals surface area (Å²) in [5.41, 5.74) is 1.92. The van der Waals surface area contributed by atoms with Crippen molar-refractivity contribution in [2.75, 3.05) is 25.1 Å². The number of methoxy groups -OCH3 is 1. The van der Waals surface area contributed by atoms with E-state index >= 15 is 0 Å². The number of aromatic nitrogens is 2. The number of nitrogens with zero attached hydrogens (tertiary/aromatic N) is 3. The smallest absolute Gasteiger partial charge is 0.162 e. The van der Waals surface area contributed by atoms with Gasteiger partial charge in [0, 0.05) is 24.0 Å². The molecule has 3 aromatic rings. The first-order valence-corrected chi connectivity index (χ1v) is 7.93. The van der Waals surface area contributed by atoms with E-state index < -0.39 is 0 Å². The first kappa shape index (κ1) is 15.3. The molecule has 118 valence electrons. The molecule has 4 heteroatoms. The minimum Gasteiger partial charge on any atom is -0.497 e. The molecule has 0 atom stereocenters. The van der Waals surface area contributed by atoms with Crippen molar-refractivity contribution in [3.8, 4) is 17.1 Å². The van der Waals surface area contributed by atoms with Crippen LogP contribution in [0.5, 0.6) is 5.75 Å². The lowest BCUT2D eigenvalue weighted by Gasteiger charge is -2.22. The van der Waals surface area contributed by atoms with Gasteiger partial charge in [0.15, 0.2) is 5.82 Å². The zero-order valence-electron chi connectivity index (χ0n) is 13.8. The van der Waals surface area contributed by atoms with Crippen LogP contribution in [0.4, 0.5) is 5.82 Å². The molecule has 0 N–H and O–H groups in total. The molecule has 0 saturated carbocycles. The second-order valence-electron chi connectivity index (χ2n) is 5.29. The van der Waals surface area contributed by atoms with Gasteiger partial charge in [-0.2, -0.15) is 0 Å². The van der Waals surface area contributed by atoms with Crippen molar-refractivity contribution >= 4 is 16.7 Å². The minimum atomic E-state index is 0.726. The van der Waals surface area contributed by atoms with Crippen LogP contribution in [0.25, 0.3) is 22.3 Å². The van der Waals surface area contributed by atoms with Crippen molar-refractivity contribution in [1.29, 1.82) is 0 Å². The molecular weight excluding hydrogens is 286 g/mol. The van der Waals surface area contributed by atoms with Crippen LogP contribution in [0.2, 0.25) is 0 Å². The Bertz CT molecular complexity index is 813. The molecule has 0 fully saturated rings. The highest BCUT2D eigenvalue weighted by Crippen LogP contribution is 2.28. The normalized spacial score (nSPS) is 10.7. The van der Waals surface area contributed by atoms with E-state index in [0.717, 1.165) is 46.9 Å². The topological polar surface area (TPSA) is 38.2 Å². The van der Waals surface area contributed by atoms with E-state index in [1.165, 1.54) is 0 Å². The third-order valence-electron chi connectivity index (χ3n) is 3.97. The predicted octanol–water partition coefficient (Wildman–Crippen LogP) is 4.15. The molecule has 0 radical (unpaired) electrons. The maximum Gasteiger partial charge on any atom is 0.162 e. The minimum absolute atomic E-state index is 0.726. The van der Waals surface area contributed by atoms with E-state index in [1.54, 1.807) is 7.11 Å². The van der Waals surface area contributed by atoms with Gasteiger partial charge in [-0.1, -0.05) is 24.3 Å². The van der Waals surface area contributed by atoms with Gasteiger partial charge < -0.3 is 9.64 Å². The summed E-state index contributed by atoms with van der Waals surface area (Å²) >= 11 is 0. The molecule has 0 saturated heterocycles. The van der Waals surface area contributed by atoms with Crippen molar-refractivity contribution < 1.29 is 4.74 Å². The Morgan fingerprint density at radius 1 is 0.957 bits per heavy atom. The Labute approximate surface area is 136 Å². The maximum absolute atomic E-state index is 5.32. The van der Waals surface area contributed by atoms with Gasteiger partial charge in [0.1, 0.15) is 11.6 Å². The van der Waals surface area contributed by atoms with E-state index in [-0.39, 0.29) is 0 Å². The van der Waals surface area contributed by atoms with E-state index in [4.69, 9.17) is 14.7 Å². The van der Waals surface area contributed by atoms with E-state index in [0.29, 0.717) is 0 Å². The van der Waals surface area contributed by atoms with Gasteiger partial charge in [-0.3, -0.25) is 0 Å². The first-order chi connectivity index (χ1) is 11.3. The van der Waals surface area contributed by atoms with Gasteiger partial charge in [0.25, 0.3) is 0 Å². The van der Waals surface area contributed by atoms with Gasteiger partial charge in [-0.15, -0.1) is 0 Å². The molecule has 0 aliphatic heterocycles. The molecule has 0 aliphatic rings. The van der Waals surface area contributed by atoms with Crippen molar-refractivity contribution in [3.63, 3.8) is 0 Å². The number of para-hydroxylation sites is 1. The van der Waals surface area contributed by atoms with Crippen LogP contribution >= 0.6 is 0 Å². The highest BCUT2D eigenvalue weighted by molar-refractivity contribution is 5.91. The Morgan fingerprint density at radius 3 is 2.48 bits per heavy atom. The van der Waals surface area contributed by atoms with Gasteiger partial charge in [0.2, 0.25) is 0 Å². The predicted molar refractivity (Wildman–Crippen MR) is 95.1 cm³/mol. The molecule has 2 aromatic carbocycles. The zero-order valence-corrected chi connectivity index (χ0v) is 13.8. The van der Waals surface area contributed by atoms with Crippen molar-refractivity contribution in [2.45, 2.75) is 13.8 Å². The molecule has 1 heterocycles. The first-order valence-electron chi connectivity index (χ1n) is 7.93.